The Balaban J connectivity index is 1.83. The van der Waals surface area contributed by atoms with Crippen LogP contribution < -0.4 is 9.74 Å². The van der Waals surface area contributed by atoms with Crippen molar-refractivity contribution in [2.75, 3.05) is 18.5 Å². The van der Waals surface area contributed by atoms with Gasteiger partial charge < -0.3 is 0 Å². The SMILES string of the molecule is CN(C)S(=O)(=O)c1ccc2nc(N(Cl)C(=O)NC(=O)c3ccccc3)sc2c1. The van der Waals surface area contributed by atoms with Crippen molar-refractivity contribution in [1.82, 2.24) is 14.6 Å². The summed E-state index contributed by atoms with van der Waals surface area (Å²) in [6.45, 7) is 0. The average molecular weight is 439 g/mol. The normalized spacial score (nSPS) is 11.6. The second-order valence-corrected chi connectivity index (χ2v) is 9.32. The maximum absolute atomic E-state index is 12.3. The van der Waals surface area contributed by atoms with Gasteiger partial charge in [-0.25, -0.2) is 22.5 Å². The average Bonchev–Trinajstić information content (AvgIpc) is 3.11. The predicted molar refractivity (Wildman–Crippen MR) is 108 cm³/mol. The smallest absolute Gasteiger partial charge is 0.272 e. The monoisotopic (exact) mass is 438 g/mol. The number of halogens is 1. The second-order valence-electron chi connectivity index (χ2n) is 5.82. The van der Waals surface area contributed by atoms with E-state index in [4.69, 9.17) is 11.8 Å². The lowest BCUT2D eigenvalue weighted by molar-refractivity contribution is 0.0966. The van der Waals surface area contributed by atoms with Gasteiger partial charge in [0.25, 0.3) is 5.91 Å². The molecule has 2 aromatic carbocycles. The van der Waals surface area contributed by atoms with Gasteiger partial charge in [0.05, 0.1) is 15.1 Å². The first-order chi connectivity index (χ1) is 13.2. The number of sulfonamides is 1. The Morgan fingerprint density at radius 2 is 1.79 bits per heavy atom. The standard InChI is InChI=1S/C17H15ClN4O4S2/c1-21(2)28(25,26)12-8-9-13-14(10-12)27-17(19-13)22(18)16(24)20-15(23)11-6-4-3-5-7-11/h3-10H,1-2H3,(H,20,23,24). The molecule has 3 aromatic rings. The van der Waals surface area contributed by atoms with E-state index in [9.17, 15) is 18.0 Å². The molecular formula is C17H15ClN4O4S2. The molecule has 3 amide bonds. The molecule has 0 aliphatic heterocycles. The van der Waals surface area contributed by atoms with E-state index in [0.29, 0.717) is 20.2 Å². The molecule has 1 aromatic heterocycles. The van der Waals surface area contributed by atoms with Gasteiger partial charge in [0.1, 0.15) is 0 Å². The van der Waals surface area contributed by atoms with Crippen LogP contribution in [0.25, 0.3) is 10.2 Å². The van der Waals surface area contributed by atoms with Crippen LogP contribution in [0.1, 0.15) is 10.4 Å². The number of imide groups is 1. The van der Waals surface area contributed by atoms with Gasteiger partial charge in [-0.1, -0.05) is 29.5 Å². The number of hydrogen-bond donors (Lipinski definition) is 1. The predicted octanol–water partition coefficient (Wildman–Crippen LogP) is 3.06. The topological polar surface area (TPSA) is 99.7 Å². The first-order valence-corrected chi connectivity index (χ1v) is 10.5. The van der Waals surface area contributed by atoms with Crippen LogP contribution in [-0.2, 0) is 10.0 Å². The number of nitrogens with zero attached hydrogens (tertiary/aromatic N) is 3. The van der Waals surface area contributed by atoms with E-state index in [1.54, 1.807) is 30.3 Å². The van der Waals surface area contributed by atoms with Gasteiger partial charge in [-0.3, -0.25) is 10.1 Å². The van der Waals surface area contributed by atoms with Crippen molar-refractivity contribution in [3.05, 3.63) is 54.1 Å². The quantitative estimate of drug-likeness (QED) is 0.631. The number of anilines is 1. The van der Waals surface area contributed by atoms with Crippen molar-refractivity contribution >= 4 is 60.4 Å². The Bertz CT molecular complexity index is 1150. The molecule has 1 heterocycles. The number of hydrogen-bond acceptors (Lipinski definition) is 6. The summed E-state index contributed by atoms with van der Waals surface area (Å²) in [5, 5.41) is 2.28. The minimum absolute atomic E-state index is 0.102. The van der Waals surface area contributed by atoms with Crippen LogP contribution in [0.5, 0.6) is 0 Å². The zero-order valence-electron chi connectivity index (χ0n) is 14.8. The van der Waals surface area contributed by atoms with Crippen molar-refractivity contribution < 1.29 is 18.0 Å². The van der Waals surface area contributed by atoms with Gasteiger partial charge in [-0.15, -0.1) is 0 Å². The lowest BCUT2D eigenvalue weighted by Gasteiger charge is -2.10. The molecule has 3 rings (SSSR count). The summed E-state index contributed by atoms with van der Waals surface area (Å²) in [6, 6.07) is 11.8. The van der Waals surface area contributed by atoms with Gasteiger partial charge in [0.15, 0.2) is 0 Å². The Hall–Kier alpha value is -2.53. The number of aromatic nitrogens is 1. The van der Waals surface area contributed by atoms with E-state index >= 15 is 0 Å². The highest BCUT2D eigenvalue weighted by atomic mass is 35.5. The van der Waals surface area contributed by atoms with Crippen molar-refractivity contribution in [2.45, 2.75) is 4.90 Å². The summed E-state index contributed by atoms with van der Waals surface area (Å²) in [4.78, 5) is 28.6. The van der Waals surface area contributed by atoms with E-state index < -0.39 is 22.0 Å². The highest BCUT2D eigenvalue weighted by Gasteiger charge is 2.22. The van der Waals surface area contributed by atoms with Crippen LogP contribution in [0.2, 0.25) is 0 Å². The summed E-state index contributed by atoms with van der Waals surface area (Å²) in [6.07, 6.45) is 0. The molecular weight excluding hydrogens is 424 g/mol. The van der Waals surface area contributed by atoms with Crippen LogP contribution in [0.4, 0.5) is 9.93 Å². The van der Waals surface area contributed by atoms with Crippen molar-refractivity contribution in [3.8, 4) is 0 Å². The van der Waals surface area contributed by atoms with Crippen molar-refractivity contribution in [1.29, 1.82) is 0 Å². The number of nitrogens with one attached hydrogen (secondary N) is 1. The minimum Gasteiger partial charge on any atom is -0.272 e. The van der Waals surface area contributed by atoms with E-state index in [1.807, 2.05) is 0 Å². The highest BCUT2D eigenvalue weighted by molar-refractivity contribution is 7.89. The van der Waals surface area contributed by atoms with Crippen molar-refractivity contribution in [2.24, 2.45) is 0 Å². The van der Waals surface area contributed by atoms with Crippen LogP contribution in [-0.4, -0.2) is 43.7 Å². The van der Waals surface area contributed by atoms with Crippen molar-refractivity contribution in [3.63, 3.8) is 0 Å². The number of benzene rings is 2. The third-order valence-electron chi connectivity index (χ3n) is 3.73. The fourth-order valence-electron chi connectivity index (χ4n) is 2.24. The van der Waals surface area contributed by atoms with E-state index in [-0.39, 0.29) is 10.0 Å². The number of carbonyl (C=O) groups excluding carboxylic acids is 2. The first kappa shape index (κ1) is 20.2. The molecule has 1 N–H and O–H groups in total. The molecule has 11 heteroatoms. The third kappa shape index (κ3) is 3.99. The minimum atomic E-state index is -3.60. The van der Waals surface area contributed by atoms with E-state index in [1.165, 1.54) is 32.3 Å². The number of rotatable bonds is 4. The van der Waals surface area contributed by atoms with Crippen LogP contribution in [0.15, 0.2) is 53.4 Å². The molecule has 8 nitrogen and oxygen atoms in total. The van der Waals surface area contributed by atoms with Crippen LogP contribution >= 0.6 is 23.1 Å². The van der Waals surface area contributed by atoms with E-state index in [2.05, 4.69) is 10.3 Å². The summed E-state index contributed by atoms with van der Waals surface area (Å²) >= 11 is 7.06. The zero-order valence-corrected chi connectivity index (χ0v) is 17.2. The molecule has 0 radical (unpaired) electrons. The number of amides is 3. The Morgan fingerprint density at radius 1 is 1.11 bits per heavy atom. The Kier molecular flexibility index (Phi) is 5.66. The van der Waals surface area contributed by atoms with E-state index in [0.717, 1.165) is 15.6 Å². The molecule has 0 spiro atoms. The summed E-state index contributed by atoms with van der Waals surface area (Å²) in [5.41, 5.74) is 0.786. The molecule has 0 unspecified atom stereocenters. The fraction of sp³-hybridized carbons (Fsp3) is 0.118. The number of thiazole rings is 1. The molecule has 28 heavy (non-hydrogen) atoms. The summed E-state index contributed by atoms with van der Waals surface area (Å²) in [7, 11) is -0.727. The molecule has 0 fully saturated rings. The maximum atomic E-state index is 12.3. The zero-order chi connectivity index (χ0) is 20.5. The second kappa shape index (κ2) is 7.84. The highest BCUT2D eigenvalue weighted by Crippen LogP contribution is 2.32. The van der Waals surface area contributed by atoms with Gasteiger partial charge in [-0.05, 0) is 30.3 Å². The largest absolute Gasteiger partial charge is 0.345 e. The van der Waals surface area contributed by atoms with Gasteiger partial charge in [0, 0.05) is 31.4 Å². The third-order valence-corrected chi connectivity index (χ3v) is 6.96. The maximum Gasteiger partial charge on any atom is 0.345 e. The number of urea groups is 1. The van der Waals surface area contributed by atoms with Gasteiger partial charge in [-0.2, -0.15) is 4.42 Å². The van der Waals surface area contributed by atoms with Gasteiger partial charge >= 0.3 is 6.03 Å². The lowest BCUT2D eigenvalue weighted by Crippen LogP contribution is -2.38. The first-order valence-electron chi connectivity index (χ1n) is 7.89. The van der Waals surface area contributed by atoms with Crippen LogP contribution in [0, 0.1) is 0 Å². The molecule has 0 bridgehead atoms. The molecule has 0 saturated heterocycles. The molecule has 0 aliphatic rings. The number of carbonyl (C=O) groups is 2. The summed E-state index contributed by atoms with van der Waals surface area (Å²) < 4.78 is 26.8. The van der Waals surface area contributed by atoms with Gasteiger partial charge in [0.2, 0.25) is 15.2 Å². The fourth-order valence-corrected chi connectivity index (χ4v) is 4.34. The molecule has 146 valence electrons. The molecule has 0 atom stereocenters. The molecule has 0 saturated carbocycles. The van der Waals surface area contributed by atoms with Crippen LogP contribution in [0.3, 0.4) is 0 Å². The Labute approximate surface area is 170 Å². The number of fused-ring (bicyclic) bond motifs is 1. The summed E-state index contributed by atoms with van der Waals surface area (Å²) in [5.74, 6) is -0.600. The Morgan fingerprint density at radius 3 is 2.43 bits per heavy atom. The lowest BCUT2D eigenvalue weighted by atomic mass is 10.2. The molecule has 0 aliphatic carbocycles.